The first-order valence-electron chi connectivity index (χ1n) is 3.80. The Morgan fingerprint density at radius 2 is 2.14 bits per heavy atom. The molecule has 1 nitrogen and oxygen atoms in total. The second-order valence-corrected chi connectivity index (χ2v) is 3.18. The molecule has 0 N–H and O–H groups in total. The van der Waals surface area contributed by atoms with E-state index in [1.807, 2.05) is 0 Å². The smallest absolute Gasteiger partial charge is 0.252 e. The zero-order valence-electron chi connectivity index (χ0n) is 7.05. The average Bonchev–Trinajstić information content (AvgIpc) is 2.14. The number of aromatic nitrogens is 1. The number of halogens is 4. The lowest BCUT2D eigenvalue weighted by molar-refractivity contribution is -0.141. The first-order chi connectivity index (χ1) is 6.54. The molecule has 0 spiro atoms. The highest BCUT2D eigenvalue weighted by molar-refractivity contribution is 9.09. The van der Waals surface area contributed by atoms with Gasteiger partial charge in [-0.25, -0.2) is 0 Å². The Morgan fingerprint density at radius 1 is 1.43 bits per heavy atom. The summed E-state index contributed by atoms with van der Waals surface area (Å²) in [5.41, 5.74) is -0.374. The standard InChI is InChI=1S/C9H7BrF3N/c10-4-1-2-7-3-5-14-8(6-7)9(11,12)13/h1-3,5-6H,4H2. The van der Waals surface area contributed by atoms with E-state index in [2.05, 4.69) is 20.9 Å². The van der Waals surface area contributed by atoms with Gasteiger partial charge in [-0.2, -0.15) is 13.2 Å². The van der Waals surface area contributed by atoms with Crippen molar-refractivity contribution >= 4 is 22.0 Å². The molecule has 0 saturated carbocycles. The number of hydrogen-bond acceptors (Lipinski definition) is 1. The van der Waals surface area contributed by atoms with Crippen LogP contribution in [0, 0.1) is 0 Å². The van der Waals surface area contributed by atoms with E-state index < -0.39 is 11.9 Å². The number of alkyl halides is 4. The van der Waals surface area contributed by atoms with Crippen LogP contribution in [-0.4, -0.2) is 10.3 Å². The number of allylic oxidation sites excluding steroid dienone is 1. The third kappa shape index (κ3) is 3.14. The van der Waals surface area contributed by atoms with Crippen LogP contribution in [-0.2, 0) is 6.18 Å². The Hall–Kier alpha value is -0.840. The van der Waals surface area contributed by atoms with Crippen molar-refractivity contribution in [2.45, 2.75) is 6.18 Å². The van der Waals surface area contributed by atoms with Crippen molar-refractivity contribution in [1.82, 2.24) is 4.98 Å². The van der Waals surface area contributed by atoms with Gasteiger partial charge < -0.3 is 0 Å². The molecule has 0 aliphatic heterocycles. The summed E-state index contributed by atoms with van der Waals surface area (Å²) in [7, 11) is 0. The molecule has 1 aromatic heterocycles. The van der Waals surface area contributed by atoms with E-state index in [9.17, 15) is 13.2 Å². The lowest BCUT2D eigenvalue weighted by Gasteiger charge is -2.05. The van der Waals surface area contributed by atoms with Crippen molar-refractivity contribution in [3.63, 3.8) is 0 Å². The van der Waals surface area contributed by atoms with Crippen LogP contribution in [0.15, 0.2) is 24.4 Å². The maximum Gasteiger partial charge on any atom is 0.433 e. The second kappa shape index (κ2) is 4.59. The fourth-order valence-corrected chi connectivity index (χ4v) is 1.07. The van der Waals surface area contributed by atoms with Gasteiger partial charge in [0.15, 0.2) is 0 Å². The molecule has 14 heavy (non-hydrogen) atoms. The summed E-state index contributed by atoms with van der Waals surface area (Å²) in [5, 5.41) is 0.608. The molecular formula is C9H7BrF3N. The van der Waals surface area contributed by atoms with Gasteiger partial charge in [0.05, 0.1) is 0 Å². The highest BCUT2D eigenvalue weighted by atomic mass is 79.9. The first-order valence-corrected chi connectivity index (χ1v) is 4.92. The summed E-state index contributed by atoms with van der Waals surface area (Å²) < 4.78 is 36.6. The zero-order valence-corrected chi connectivity index (χ0v) is 8.64. The molecule has 0 amide bonds. The Kier molecular flexibility index (Phi) is 3.69. The van der Waals surface area contributed by atoms with Gasteiger partial charge in [0.25, 0.3) is 0 Å². The number of hydrogen-bond donors (Lipinski definition) is 0. The van der Waals surface area contributed by atoms with E-state index in [1.54, 1.807) is 12.2 Å². The molecule has 0 saturated heterocycles. The largest absolute Gasteiger partial charge is 0.433 e. The molecule has 0 radical (unpaired) electrons. The molecule has 0 bridgehead atoms. The number of nitrogens with zero attached hydrogens (tertiary/aromatic N) is 1. The van der Waals surface area contributed by atoms with Crippen molar-refractivity contribution in [3.8, 4) is 0 Å². The third-order valence-electron chi connectivity index (χ3n) is 1.47. The summed E-state index contributed by atoms with van der Waals surface area (Å²) in [6.07, 6.45) is 0.0934. The summed E-state index contributed by atoms with van der Waals surface area (Å²) >= 11 is 3.14. The van der Waals surface area contributed by atoms with E-state index in [-0.39, 0.29) is 0 Å². The molecule has 0 unspecified atom stereocenters. The Balaban J connectivity index is 2.96. The SMILES string of the molecule is FC(F)(F)c1cc(C=CCBr)ccn1. The van der Waals surface area contributed by atoms with Crippen LogP contribution in [0.2, 0.25) is 0 Å². The van der Waals surface area contributed by atoms with Gasteiger partial charge in [0.2, 0.25) is 0 Å². The maximum atomic E-state index is 12.2. The van der Waals surface area contributed by atoms with Crippen LogP contribution >= 0.6 is 15.9 Å². The molecule has 0 atom stereocenters. The predicted molar refractivity (Wildman–Crippen MR) is 52.1 cm³/mol. The third-order valence-corrected chi connectivity index (χ3v) is 1.85. The molecule has 5 heteroatoms. The van der Waals surface area contributed by atoms with Gasteiger partial charge in [-0.05, 0) is 17.7 Å². The van der Waals surface area contributed by atoms with Crippen LogP contribution < -0.4 is 0 Å². The van der Waals surface area contributed by atoms with Crippen LogP contribution in [0.25, 0.3) is 6.08 Å². The van der Waals surface area contributed by atoms with E-state index in [0.717, 1.165) is 12.3 Å². The van der Waals surface area contributed by atoms with Gasteiger partial charge in [0.1, 0.15) is 5.69 Å². The van der Waals surface area contributed by atoms with Crippen molar-refractivity contribution in [2.75, 3.05) is 5.33 Å². The van der Waals surface area contributed by atoms with Gasteiger partial charge in [-0.1, -0.05) is 28.1 Å². The van der Waals surface area contributed by atoms with Crippen molar-refractivity contribution in [2.24, 2.45) is 0 Å². The Labute approximate surface area is 87.8 Å². The summed E-state index contributed by atoms with van der Waals surface area (Å²) in [4.78, 5) is 3.25. The molecule has 0 fully saturated rings. The topological polar surface area (TPSA) is 12.9 Å². The average molecular weight is 266 g/mol. The quantitative estimate of drug-likeness (QED) is 0.746. The number of rotatable bonds is 2. The monoisotopic (exact) mass is 265 g/mol. The molecule has 76 valence electrons. The second-order valence-electron chi connectivity index (χ2n) is 2.53. The van der Waals surface area contributed by atoms with E-state index in [4.69, 9.17) is 0 Å². The number of pyridine rings is 1. The molecular weight excluding hydrogens is 259 g/mol. The summed E-state index contributed by atoms with van der Waals surface area (Å²) in [6.45, 7) is 0. The van der Waals surface area contributed by atoms with E-state index in [0.29, 0.717) is 10.9 Å². The van der Waals surface area contributed by atoms with Gasteiger partial charge in [-0.3, -0.25) is 4.98 Å². The fourth-order valence-electron chi connectivity index (χ4n) is 0.886. The Bertz CT molecular complexity index is 333. The van der Waals surface area contributed by atoms with Crippen LogP contribution in [0.4, 0.5) is 13.2 Å². The summed E-state index contributed by atoms with van der Waals surface area (Å²) in [5.74, 6) is 0. The molecule has 0 aliphatic rings. The predicted octanol–water partition coefficient (Wildman–Crippen LogP) is 3.51. The Morgan fingerprint density at radius 3 is 2.71 bits per heavy atom. The van der Waals surface area contributed by atoms with Crippen LogP contribution in [0.1, 0.15) is 11.3 Å². The van der Waals surface area contributed by atoms with Crippen LogP contribution in [0.5, 0.6) is 0 Å². The van der Waals surface area contributed by atoms with E-state index >= 15 is 0 Å². The molecule has 1 aromatic rings. The van der Waals surface area contributed by atoms with Crippen molar-refractivity contribution in [3.05, 3.63) is 35.7 Å². The first kappa shape index (κ1) is 11.2. The molecule has 1 rings (SSSR count). The van der Waals surface area contributed by atoms with Crippen molar-refractivity contribution < 1.29 is 13.2 Å². The maximum absolute atomic E-state index is 12.2. The van der Waals surface area contributed by atoms with Crippen LogP contribution in [0.3, 0.4) is 0 Å². The molecule has 0 aliphatic carbocycles. The lowest BCUT2D eigenvalue weighted by Crippen LogP contribution is -2.07. The highest BCUT2D eigenvalue weighted by Crippen LogP contribution is 2.27. The summed E-state index contributed by atoms with van der Waals surface area (Å²) in [6, 6.07) is 2.54. The molecule has 1 heterocycles. The minimum atomic E-state index is -4.38. The van der Waals surface area contributed by atoms with E-state index in [1.165, 1.54) is 6.07 Å². The zero-order chi connectivity index (χ0) is 10.6. The van der Waals surface area contributed by atoms with Crippen molar-refractivity contribution in [1.29, 1.82) is 0 Å². The van der Waals surface area contributed by atoms with Gasteiger partial charge in [-0.15, -0.1) is 0 Å². The fraction of sp³-hybridized carbons (Fsp3) is 0.222. The highest BCUT2D eigenvalue weighted by Gasteiger charge is 2.32. The normalized spacial score (nSPS) is 12.3. The van der Waals surface area contributed by atoms with Gasteiger partial charge in [0, 0.05) is 11.5 Å². The lowest BCUT2D eigenvalue weighted by atomic mass is 10.2. The minimum absolute atomic E-state index is 0.492. The molecule has 0 aromatic carbocycles. The van der Waals surface area contributed by atoms with Gasteiger partial charge >= 0.3 is 6.18 Å². The minimum Gasteiger partial charge on any atom is -0.252 e.